The summed E-state index contributed by atoms with van der Waals surface area (Å²) in [7, 11) is 0. The van der Waals surface area contributed by atoms with Crippen molar-refractivity contribution in [3.8, 4) is 11.3 Å². The highest BCUT2D eigenvalue weighted by Crippen LogP contribution is 2.28. The third-order valence-corrected chi connectivity index (χ3v) is 5.65. The smallest absolute Gasteiger partial charge is 0.255 e. The van der Waals surface area contributed by atoms with Crippen LogP contribution in [0.2, 0.25) is 0 Å². The standard InChI is InChI=1S/C23H26N4O2/c1-3-19-10-13-26-22(29)14-20(17-8-11-24-12-9-17)25-23(26)27(19)15-21(28)18-6-4-16(2)5-7-18/h4-9,11-12,14,19,21,28H,3,10,13,15H2,1-2H3. The lowest BCUT2D eigenvalue weighted by atomic mass is 10.0. The molecule has 2 unspecified atom stereocenters. The number of hydrogen-bond acceptors (Lipinski definition) is 5. The van der Waals surface area contributed by atoms with Crippen molar-refractivity contribution < 1.29 is 5.11 Å². The molecule has 0 bridgehead atoms. The van der Waals surface area contributed by atoms with Gasteiger partial charge in [-0.15, -0.1) is 0 Å². The van der Waals surface area contributed by atoms with Crippen LogP contribution < -0.4 is 10.5 Å². The van der Waals surface area contributed by atoms with E-state index in [4.69, 9.17) is 4.98 Å². The maximum atomic E-state index is 12.8. The molecular formula is C23H26N4O2. The van der Waals surface area contributed by atoms with Crippen LogP contribution in [-0.2, 0) is 6.54 Å². The molecule has 150 valence electrons. The van der Waals surface area contributed by atoms with Gasteiger partial charge in [-0.25, -0.2) is 4.98 Å². The summed E-state index contributed by atoms with van der Waals surface area (Å²) in [5.74, 6) is 0.633. The molecule has 4 rings (SSSR count). The van der Waals surface area contributed by atoms with Gasteiger partial charge in [0.1, 0.15) is 0 Å². The molecule has 2 aromatic heterocycles. The van der Waals surface area contributed by atoms with Crippen molar-refractivity contribution >= 4 is 5.95 Å². The summed E-state index contributed by atoms with van der Waals surface area (Å²) in [6.07, 6.45) is 4.53. The molecule has 1 aliphatic heterocycles. The van der Waals surface area contributed by atoms with E-state index in [9.17, 15) is 9.90 Å². The number of anilines is 1. The van der Waals surface area contributed by atoms with E-state index < -0.39 is 6.10 Å². The summed E-state index contributed by atoms with van der Waals surface area (Å²) >= 11 is 0. The molecule has 0 fully saturated rings. The average molecular weight is 390 g/mol. The Morgan fingerprint density at radius 2 is 1.90 bits per heavy atom. The number of hydrogen-bond donors (Lipinski definition) is 1. The van der Waals surface area contributed by atoms with Crippen molar-refractivity contribution in [2.45, 2.75) is 45.4 Å². The van der Waals surface area contributed by atoms with E-state index in [-0.39, 0.29) is 11.6 Å². The zero-order valence-electron chi connectivity index (χ0n) is 16.8. The molecule has 6 heteroatoms. The van der Waals surface area contributed by atoms with E-state index >= 15 is 0 Å². The van der Waals surface area contributed by atoms with Gasteiger partial charge >= 0.3 is 0 Å². The van der Waals surface area contributed by atoms with Crippen LogP contribution in [0.5, 0.6) is 0 Å². The third kappa shape index (κ3) is 3.93. The van der Waals surface area contributed by atoms with Crippen LogP contribution in [0.3, 0.4) is 0 Å². The lowest BCUT2D eigenvalue weighted by Crippen LogP contribution is -2.47. The number of benzene rings is 1. The maximum absolute atomic E-state index is 12.8. The second-order valence-corrected chi connectivity index (χ2v) is 7.60. The van der Waals surface area contributed by atoms with Gasteiger partial charge in [0.15, 0.2) is 0 Å². The number of aliphatic hydroxyl groups is 1. The van der Waals surface area contributed by atoms with Gasteiger partial charge in [0.25, 0.3) is 5.56 Å². The van der Waals surface area contributed by atoms with Gasteiger partial charge in [0.05, 0.1) is 18.3 Å². The first-order valence-electron chi connectivity index (χ1n) is 10.1. The predicted molar refractivity (Wildman–Crippen MR) is 114 cm³/mol. The van der Waals surface area contributed by atoms with Gasteiger partial charge in [0, 0.05) is 36.6 Å². The van der Waals surface area contributed by atoms with Crippen molar-refractivity contribution in [1.29, 1.82) is 0 Å². The molecule has 2 atom stereocenters. The van der Waals surface area contributed by atoms with Gasteiger partial charge < -0.3 is 10.0 Å². The monoisotopic (exact) mass is 390 g/mol. The molecule has 29 heavy (non-hydrogen) atoms. The summed E-state index contributed by atoms with van der Waals surface area (Å²) in [5.41, 5.74) is 3.46. The largest absolute Gasteiger partial charge is 0.387 e. The maximum Gasteiger partial charge on any atom is 0.255 e. The number of fused-ring (bicyclic) bond motifs is 1. The Morgan fingerprint density at radius 3 is 2.59 bits per heavy atom. The molecular weight excluding hydrogens is 364 g/mol. The normalized spacial score (nSPS) is 17.1. The fourth-order valence-electron chi connectivity index (χ4n) is 3.93. The highest BCUT2D eigenvalue weighted by Gasteiger charge is 2.29. The molecule has 3 heterocycles. The first kappa shape index (κ1) is 19.3. The van der Waals surface area contributed by atoms with Crippen LogP contribution in [0.1, 0.15) is 37.0 Å². The van der Waals surface area contributed by atoms with Crippen LogP contribution >= 0.6 is 0 Å². The Bertz CT molecular complexity index is 1030. The Balaban J connectivity index is 1.73. The third-order valence-electron chi connectivity index (χ3n) is 5.65. The van der Waals surface area contributed by atoms with Crippen molar-refractivity contribution in [3.05, 3.63) is 76.3 Å². The Hall–Kier alpha value is -2.99. The quantitative estimate of drug-likeness (QED) is 0.723. The summed E-state index contributed by atoms with van der Waals surface area (Å²) in [6.45, 7) is 5.21. The van der Waals surface area contributed by atoms with Gasteiger partial charge in [-0.05, 0) is 37.5 Å². The molecule has 0 spiro atoms. The topological polar surface area (TPSA) is 71.2 Å². The second-order valence-electron chi connectivity index (χ2n) is 7.60. The van der Waals surface area contributed by atoms with Crippen molar-refractivity contribution in [2.75, 3.05) is 11.4 Å². The van der Waals surface area contributed by atoms with Crippen molar-refractivity contribution in [1.82, 2.24) is 14.5 Å². The SMILES string of the molecule is CCC1CCn2c(nc(-c3ccncc3)cc2=O)N1CC(O)c1ccc(C)cc1. The highest BCUT2D eigenvalue weighted by atomic mass is 16.3. The number of pyridine rings is 1. The minimum Gasteiger partial charge on any atom is -0.387 e. The minimum absolute atomic E-state index is 0.0637. The number of nitrogens with zero attached hydrogens (tertiary/aromatic N) is 4. The van der Waals surface area contributed by atoms with Crippen LogP contribution in [-0.4, -0.2) is 32.2 Å². The molecule has 6 nitrogen and oxygen atoms in total. The van der Waals surface area contributed by atoms with E-state index in [0.717, 1.165) is 29.5 Å². The highest BCUT2D eigenvalue weighted by molar-refractivity contribution is 5.60. The van der Waals surface area contributed by atoms with Gasteiger partial charge in [-0.3, -0.25) is 14.3 Å². The zero-order valence-corrected chi connectivity index (χ0v) is 16.8. The molecule has 1 aliphatic rings. The first-order chi connectivity index (χ1) is 14.1. The predicted octanol–water partition coefficient (Wildman–Crippen LogP) is 3.34. The minimum atomic E-state index is -0.655. The Morgan fingerprint density at radius 1 is 1.17 bits per heavy atom. The van der Waals surface area contributed by atoms with Gasteiger partial charge in [0.2, 0.25) is 5.95 Å². The molecule has 3 aromatic rings. The van der Waals surface area contributed by atoms with Crippen LogP contribution in [0.25, 0.3) is 11.3 Å². The Labute approximate surface area is 170 Å². The molecule has 0 saturated heterocycles. The van der Waals surface area contributed by atoms with Crippen LogP contribution in [0.4, 0.5) is 5.95 Å². The lowest BCUT2D eigenvalue weighted by Gasteiger charge is -2.39. The van der Waals surface area contributed by atoms with E-state index in [2.05, 4.69) is 16.8 Å². The summed E-state index contributed by atoms with van der Waals surface area (Å²) in [6, 6.07) is 13.4. The second kappa shape index (κ2) is 8.17. The van der Waals surface area contributed by atoms with Crippen LogP contribution in [0.15, 0.2) is 59.7 Å². The summed E-state index contributed by atoms with van der Waals surface area (Å²) < 4.78 is 1.72. The van der Waals surface area contributed by atoms with Gasteiger partial charge in [-0.2, -0.15) is 0 Å². The van der Waals surface area contributed by atoms with E-state index in [1.807, 2.05) is 43.3 Å². The molecule has 0 aliphatic carbocycles. The number of aliphatic hydroxyl groups excluding tert-OH is 1. The number of aryl methyl sites for hydroxylation is 1. The van der Waals surface area contributed by atoms with E-state index in [1.165, 1.54) is 0 Å². The number of aromatic nitrogens is 3. The summed E-state index contributed by atoms with van der Waals surface area (Å²) in [4.78, 5) is 23.8. The fraction of sp³-hybridized carbons (Fsp3) is 0.348. The van der Waals surface area contributed by atoms with E-state index in [1.54, 1.807) is 23.0 Å². The Kier molecular flexibility index (Phi) is 5.45. The lowest BCUT2D eigenvalue weighted by molar-refractivity contribution is 0.176. The molecule has 1 aromatic carbocycles. The fourth-order valence-corrected chi connectivity index (χ4v) is 3.93. The summed E-state index contributed by atoms with van der Waals surface area (Å²) in [5, 5.41) is 10.9. The van der Waals surface area contributed by atoms with Crippen molar-refractivity contribution in [2.24, 2.45) is 0 Å². The average Bonchev–Trinajstić information content (AvgIpc) is 2.75. The molecule has 1 N–H and O–H groups in total. The molecule has 0 saturated carbocycles. The number of rotatable bonds is 5. The zero-order chi connectivity index (χ0) is 20.4. The van der Waals surface area contributed by atoms with Crippen molar-refractivity contribution in [3.63, 3.8) is 0 Å². The first-order valence-corrected chi connectivity index (χ1v) is 10.1. The van der Waals surface area contributed by atoms with E-state index in [0.29, 0.717) is 24.7 Å². The number of β-amino-alcohol motifs (C(OH)–C–C–N with tert-alkyl or cyclic N) is 1. The molecule has 0 radical (unpaired) electrons. The van der Waals surface area contributed by atoms with Crippen LogP contribution in [0, 0.1) is 6.92 Å². The molecule has 0 amide bonds. The van der Waals surface area contributed by atoms with Gasteiger partial charge in [-0.1, -0.05) is 36.8 Å².